The average molecular weight is 282 g/mol. The maximum atomic E-state index is 12.8. The minimum absolute atomic E-state index is 0.0540. The molecule has 1 atom stereocenters. The van der Waals surface area contributed by atoms with Crippen molar-refractivity contribution in [3.8, 4) is 0 Å². The van der Waals surface area contributed by atoms with E-state index in [1.165, 1.54) is 6.07 Å². The van der Waals surface area contributed by atoms with Crippen LogP contribution in [0.5, 0.6) is 0 Å². The molecule has 0 aliphatic heterocycles. The molecule has 1 nitrogen and oxygen atoms in total. The topological polar surface area (TPSA) is 20.2 Å². The lowest BCUT2D eigenvalue weighted by atomic mass is 9.95. The van der Waals surface area contributed by atoms with Crippen LogP contribution >= 0.6 is 0 Å². The molecule has 0 amide bonds. The van der Waals surface area contributed by atoms with Crippen molar-refractivity contribution in [3.63, 3.8) is 0 Å². The number of fused-ring (bicyclic) bond motifs is 1. The maximum absolute atomic E-state index is 12.8. The van der Waals surface area contributed by atoms with Crippen LogP contribution in [-0.4, -0.2) is 11.3 Å². The Bertz CT molecular complexity index is 590. The van der Waals surface area contributed by atoms with Gasteiger partial charge in [0.15, 0.2) is 6.10 Å². The molecule has 0 spiro atoms. The third-order valence-corrected chi connectivity index (χ3v) is 3.38. The molecule has 0 heterocycles. The number of hydrogen-bond acceptors (Lipinski definition) is 1. The summed E-state index contributed by atoms with van der Waals surface area (Å²) in [7, 11) is 0. The number of aryl methyl sites for hydroxylation is 1. The van der Waals surface area contributed by atoms with Crippen molar-refractivity contribution in [2.24, 2.45) is 0 Å². The first-order valence-electron chi connectivity index (χ1n) is 6.70. The molecule has 0 saturated heterocycles. The summed E-state index contributed by atoms with van der Waals surface area (Å²) >= 11 is 0. The molecular weight excluding hydrogens is 265 g/mol. The summed E-state index contributed by atoms with van der Waals surface area (Å²) in [5, 5.41) is 10.8. The molecule has 4 heteroatoms. The molecule has 20 heavy (non-hydrogen) atoms. The molecule has 1 unspecified atom stereocenters. The predicted octanol–water partition coefficient (Wildman–Crippen LogP) is 4.78. The van der Waals surface area contributed by atoms with Crippen LogP contribution in [0.15, 0.2) is 36.4 Å². The number of aliphatic hydroxyl groups excluding tert-OH is 1. The Hall–Kier alpha value is -1.55. The minimum Gasteiger partial charge on any atom is -0.379 e. The van der Waals surface area contributed by atoms with E-state index in [2.05, 4.69) is 0 Å². The Morgan fingerprint density at radius 3 is 2.50 bits per heavy atom. The molecular formula is C16H17F3O. The fraction of sp³-hybridized carbons (Fsp3) is 0.375. The first-order chi connectivity index (χ1) is 9.43. The van der Waals surface area contributed by atoms with Gasteiger partial charge in [0.1, 0.15) is 0 Å². The van der Waals surface area contributed by atoms with Crippen molar-refractivity contribution >= 4 is 10.8 Å². The van der Waals surface area contributed by atoms with Gasteiger partial charge in [-0.2, -0.15) is 13.2 Å². The van der Waals surface area contributed by atoms with E-state index >= 15 is 0 Å². The van der Waals surface area contributed by atoms with Crippen LogP contribution < -0.4 is 0 Å². The van der Waals surface area contributed by atoms with E-state index in [1.54, 1.807) is 24.3 Å². The lowest BCUT2D eigenvalue weighted by Gasteiger charge is -2.18. The van der Waals surface area contributed by atoms with Gasteiger partial charge in [-0.15, -0.1) is 0 Å². The number of alkyl halides is 3. The van der Waals surface area contributed by atoms with Crippen molar-refractivity contribution in [2.75, 3.05) is 0 Å². The zero-order valence-corrected chi connectivity index (χ0v) is 11.2. The predicted molar refractivity (Wildman–Crippen MR) is 73.6 cm³/mol. The fourth-order valence-corrected chi connectivity index (χ4v) is 2.33. The smallest absolute Gasteiger partial charge is 0.379 e. The molecule has 0 bridgehead atoms. The second-order valence-corrected chi connectivity index (χ2v) is 4.95. The van der Waals surface area contributed by atoms with Crippen LogP contribution in [0.2, 0.25) is 0 Å². The SMILES string of the molecule is CCCCc1cc(C(O)C(F)(F)F)c2ccccc2c1. The highest BCUT2D eigenvalue weighted by Crippen LogP contribution is 2.36. The molecule has 0 aromatic heterocycles. The number of halogens is 3. The van der Waals surface area contributed by atoms with Gasteiger partial charge in [0, 0.05) is 0 Å². The van der Waals surface area contributed by atoms with Crippen molar-refractivity contribution in [1.29, 1.82) is 0 Å². The number of benzene rings is 2. The van der Waals surface area contributed by atoms with Gasteiger partial charge in [0.25, 0.3) is 0 Å². The van der Waals surface area contributed by atoms with E-state index in [9.17, 15) is 18.3 Å². The monoisotopic (exact) mass is 282 g/mol. The molecule has 0 fully saturated rings. The van der Waals surface area contributed by atoms with E-state index in [0.29, 0.717) is 5.39 Å². The lowest BCUT2D eigenvalue weighted by Crippen LogP contribution is -2.20. The van der Waals surface area contributed by atoms with Crippen molar-refractivity contribution in [1.82, 2.24) is 0 Å². The van der Waals surface area contributed by atoms with Gasteiger partial charge < -0.3 is 5.11 Å². The highest BCUT2D eigenvalue weighted by atomic mass is 19.4. The highest BCUT2D eigenvalue weighted by Gasteiger charge is 2.40. The van der Waals surface area contributed by atoms with E-state index in [1.807, 2.05) is 13.0 Å². The van der Waals surface area contributed by atoms with Crippen LogP contribution in [0, 0.1) is 0 Å². The Morgan fingerprint density at radius 2 is 1.85 bits per heavy atom. The van der Waals surface area contributed by atoms with Crippen molar-refractivity contribution in [3.05, 3.63) is 47.5 Å². The van der Waals surface area contributed by atoms with Crippen molar-refractivity contribution < 1.29 is 18.3 Å². The van der Waals surface area contributed by atoms with Crippen LogP contribution in [0.1, 0.15) is 37.0 Å². The summed E-state index contributed by atoms with van der Waals surface area (Å²) in [6.07, 6.45) is -4.47. The van der Waals surface area contributed by atoms with Crippen molar-refractivity contribution in [2.45, 2.75) is 38.5 Å². The summed E-state index contributed by atoms with van der Waals surface area (Å²) in [4.78, 5) is 0. The molecule has 2 aromatic carbocycles. The molecule has 0 aliphatic rings. The Kier molecular flexibility index (Phi) is 4.33. The Morgan fingerprint density at radius 1 is 1.15 bits per heavy atom. The normalized spacial score (nSPS) is 13.7. The fourth-order valence-electron chi connectivity index (χ4n) is 2.33. The number of hydrogen-bond donors (Lipinski definition) is 1. The number of aliphatic hydroxyl groups is 1. The van der Waals surface area contributed by atoms with Gasteiger partial charge in [-0.1, -0.05) is 49.7 Å². The van der Waals surface area contributed by atoms with Crippen LogP contribution in [0.25, 0.3) is 10.8 Å². The maximum Gasteiger partial charge on any atom is 0.418 e. The second-order valence-electron chi connectivity index (χ2n) is 4.95. The summed E-state index contributed by atoms with van der Waals surface area (Å²) in [6.45, 7) is 2.03. The zero-order valence-electron chi connectivity index (χ0n) is 11.2. The summed E-state index contributed by atoms with van der Waals surface area (Å²) < 4.78 is 38.4. The van der Waals surface area contributed by atoms with Crippen LogP contribution in [-0.2, 0) is 6.42 Å². The largest absolute Gasteiger partial charge is 0.418 e. The quantitative estimate of drug-likeness (QED) is 0.855. The Balaban J connectivity index is 2.55. The molecule has 0 radical (unpaired) electrons. The van der Waals surface area contributed by atoms with Crippen LogP contribution in [0.3, 0.4) is 0 Å². The van der Waals surface area contributed by atoms with E-state index in [0.717, 1.165) is 30.2 Å². The molecule has 1 N–H and O–H groups in total. The van der Waals surface area contributed by atoms with Gasteiger partial charge in [0.2, 0.25) is 0 Å². The third-order valence-electron chi connectivity index (χ3n) is 3.38. The summed E-state index contributed by atoms with van der Waals surface area (Å²) in [5.41, 5.74) is 0.783. The second kappa shape index (κ2) is 5.83. The lowest BCUT2D eigenvalue weighted by molar-refractivity contribution is -0.206. The van der Waals surface area contributed by atoms with Crippen LogP contribution in [0.4, 0.5) is 13.2 Å². The number of rotatable bonds is 4. The minimum atomic E-state index is -4.65. The first kappa shape index (κ1) is 14.9. The van der Waals surface area contributed by atoms with Gasteiger partial charge >= 0.3 is 6.18 Å². The third kappa shape index (κ3) is 3.12. The van der Waals surface area contributed by atoms with E-state index in [-0.39, 0.29) is 5.56 Å². The highest BCUT2D eigenvalue weighted by molar-refractivity contribution is 5.86. The summed E-state index contributed by atoms with van der Waals surface area (Å²) in [6, 6.07) is 10.2. The van der Waals surface area contributed by atoms with Gasteiger partial charge in [-0.05, 0) is 34.7 Å². The van der Waals surface area contributed by atoms with Gasteiger partial charge in [-0.3, -0.25) is 0 Å². The first-order valence-corrected chi connectivity index (χ1v) is 6.70. The van der Waals surface area contributed by atoms with E-state index in [4.69, 9.17) is 0 Å². The van der Waals surface area contributed by atoms with E-state index < -0.39 is 12.3 Å². The van der Waals surface area contributed by atoms with Gasteiger partial charge in [0.05, 0.1) is 0 Å². The standard InChI is InChI=1S/C16H17F3O/c1-2-3-6-11-9-12-7-4-5-8-13(12)14(10-11)15(20)16(17,18)19/h4-5,7-10,15,20H,2-3,6H2,1H3. The zero-order chi connectivity index (χ0) is 14.8. The summed E-state index contributed by atoms with van der Waals surface area (Å²) in [5.74, 6) is 0. The molecule has 0 aliphatic carbocycles. The molecule has 2 rings (SSSR count). The number of unbranched alkanes of at least 4 members (excludes halogenated alkanes) is 1. The molecule has 2 aromatic rings. The molecule has 108 valence electrons. The average Bonchev–Trinajstić information content (AvgIpc) is 2.42. The Labute approximate surface area is 116 Å². The van der Waals surface area contributed by atoms with Gasteiger partial charge in [-0.25, -0.2) is 0 Å². The molecule has 0 saturated carbocycles.